The molecule has 0 aliphatic rings. The lowest BCUT2D eigenvalue weighted by Crippen LogP contribution is -2.17. The molecule has 29 nitrogen and oxygen atoms in total. The van der Waals surface area contributed by atoms with Crippen molar-refractivity contribution >= 4 is 110 Å². The molecule has 2 heterocycles. The largest absolute Gasteiger partial charge is 0.507 e. The summed E-state index contributed by atoms with van der Waals surface area (Å²) in [5, 5.41) is 298. The summed E-state index contributed by atoms with van der Waals surface area (Å²) in [7, 11) is 31.5. The highest BCUT2D eigenvalue weighted by molar-refractivity contribution is 6.49. The Hall–Kier alpha value is -11.7. The van der Waals surface area contributed by atoms with E-state index in [0.29, 0.717) is 0 Å². The summed E-state index contributed by atoms with van der Waals surface area (Å²) in [5.41, 5.74) is -21.4. The smallest absolute Gasteiger partial charge is 0.208 e. The number of hydrogen-bond donors (Lipinski definition) is 27. The van der Waals surface area contributed by atoms with Crippen molar-refractivity contribution in [1.29, 1.82) is 0 Å². The molecule has 0 fully saturated rings. The fourth-order valence-corrected chi connectivity index (χ4v) is 10.1. The van der Waals surface area contributed by atoms with Crippen molar-refractivity contribution in [2.45, 2.75) is 0 Å². The molecule has 34 heteroatoms. The summed E-state index contributed by atoms with van der Waals surface area (Å²) in [5.74, 6) is -42.9. The molecule has 10 rings (SSSR count). The lowest BCUT2D eigenvalue weighted by Gasteiger charge is -2.21. The first-order chi connectivity index (χ1) is 38.1. The normalized spacial score (nSPS) is 11.8. The molecule has 0 aliphatic carbocycles. The van der Waals surface area contributed by atoms with Crippen LogP contribution in [-0.4, -0.2) is 186 Å². The van der Waals surface area contributed by atoms with Gasteiger partial charge >= 0.3 is 0 Å². The molecule has 0 aliphatic heterocycles. The fourth-order valence-electron chi connectivity index (χ4n) is 10.1. The Bertz CT molecular complexity index is 4320. The molecule has 8 aromatic carbocycles. The molecule has 10 radical (unpaired) electrons. The van der Waals surface area contributed by atoms with Crippen molar-refractivity contribution in [3.8, 4) is 200 Å². The van der Waals surface area contributed by atoms with Gasteiger partial charge in [-0.25, -0.2) is 0 Å². The van der Waals surface area contributed by atoms with Gasteiger partial charge in [0.15, 0.2) is 46.0 Å². The Morgan fingerprint density at radius 1 is 0.159 bits per heavy atom. The van der Waals surface area contributed by atoms with Crippen molar-refractivity contribution in [2.75, 3.05) is 0 Å². The zero-order valence-corrected chi connectivity index (χ0v) is 39.9. The minimum absolute atomic E-state index is 0.176. The van der Waals surface area contributed by atoms with Crippen molar-refractivity contribution in [3.05, 3.63) is 0 Å². The third kappa shape index (κ3) is 6.15. The Morgan fingerprint density at radius 2 is 0.317 bits per heavy atom. The van der Waals surface area contributed by atoms with Crippen LogP contribution in [0.4, 0.5) is 0 Å². The first-order valence-corrected chi connectivity index (χ1v) is 22.1. The molecule has 82 heavy (non-hydrogen) atoms. The zero-order valence-electron chi connectivity index (χ0n) is 39.9. The standard InChI is InChI=1S/C48H27B5N2O27/c49-11-1(22(56)6-7-17(54(16(6)29(11)63)20-34(68)42(76)47(81)43(77)35(20)69)31(65)13(51)3(24(7)58)4-15(53)33(67)41(75)38(72)26(4)60)2-12(50)30(64)18-8(23(2)57)9-19(55(18)21-36(70)44(78)48(82)45(79)37(21)71)32(66)14(52)5(25(9)59)10-27(61)39(73)46(80)40(74)28(10)62/h56-82H. The Balaban J connectivity index is 1.49. The van der Waals surface area contributed by atoms with Gasteiger partial charge in [-0.05, 0) is 27.3 Å². The van der Waals surface area contributed by atoms with Crippen LogP contribution in [0.15, 0.2) is 0 Å². The van der Waals surface area contributed by atoms with Crippen LogP contribution in [0, 0.1) is 0 Å². The lowest BCUT2D eigenvalue weighted by atomic mass is 9.76. The van der Waals surface area contributed by atoms with Gasteiger partial charge in [-0.15, -0.1) is 0 Å². The van der Waals surface area contributed by atoms with Crippen LogP contribution in [0.5, 0.6) is 155 Å². The van der Waals surface area contributed by atoms with Gasteiger partial charge in [0.25, 0.3) is 0 Å². The van der Waals surface area contributed by atoms with E-state index in [0.717, 1.165) is 0 Å². The summed E-state index contributed by atoms with van der Waals surface area (Å²) < 4.78 is 0.374. The van der Waals surface area contributed by atoms with Crippen LogP contribution in [0.25, 0.3) is 88.4 Å². The van der Waals surface area contributed by atoms with Gasteiger partial charge in [0, 0.05) is 27.8 Å². The summed E-state index contributed by atoms with van der Waals surface area (Å²) >= 11 is 0. The van der Waals surface area contributed by atoms with E-state index in [2.05, 4.69) is 0 Å². The molecule has 0 bridgehead atoms. The number of phenols is 27. The van der Waals surface area contributed by atoms with E-state index < -0.39 is 271 Å². The van der Waals surface area contributed by atoms with E-state index in [1.807, 2.05) is 0 Å². The monoisotopic (exact) mass is 1120 g/mol. The van der Waals surface area contributed by atoms with Gasteiger partial charge in [0.2, 0.25) is 63.2 Å². The van der Waals surface area contributed by atoms with Crippen LogP contribution >= 0.6 is 0 Å². The zero-order chi connectivity index (χ0) is 60.9. The van der Waals surface area contributed by atoms with Crippen LogP contribution in [-0.2, 0) is 0 Å². The second-order valence-corrected chi connectivity index (χ2v) is 18.0. The number of hydrogen-bond acceptors (Lipinski definition) is 27. The molecular formula is C48H27B5N2O27. The average molecular weight is 1120 g/mol. The number of nitrogens with zero attached hydrogens (tertiary/aromatic N) is 2. The third-order valence-corrected chi connectivity index (χ3v) is 13.9. The first-order valence-electron chi connectivity index (χ1n) is 22.1. The average Bonchev–Trinajstić information content (AvgIpc) is 1.62. The summed E-state index contributed by atoms with van der Waals surface area (Å²) in [4.78, 5) is 0. The number of fused-ring (bicyclic) bond motifs is 6. The maximum atomic E-state index is 12.8. The Labute approximate surface area is 455 Å². The number of aromatic hydroxyl groups is 27. The molecule has 0 saturated heterocycles. The highest BCUT2D eigenvalue weighted by atomic mass is 16.4. The van der Waals surface area contributed by atoms with Crippen molar-refractivity contribution in [2.24, 2.45) is 0 Å². The molecule has 10 aromatic rings. The fraction of sp³-hybridized carbons (Fsp3) is 0. The summed E-state index contributed by atoms with van der Waals surface area (Å²) in [6, 6.07) is 0. The highest BCUT2D eigenvalue weighted by Gasteiger charge is 2.40. The topological polar surface area (TPSA) is 556 Å². The predicted molar refractivity (Wildman–Crippen MR) is 283 cm³/mol. The second kappa shape index (κ2) is 16.9. The van der Waals surface area contributed by atoms with Gasteiger partial charge in [-0.1, -0.05) is 0 Å². The van der Waals surface area contributed by atoms with E-state index in [1.165, 1.54) is 0 Å². The van der Waals surface area contributed by atoms with Gasteiger partial charge in [-0.2, -0.15) is 0 Å². The van der Waals surface area contributed by atoms with Crippen LogP contribution in [0.2, 0.25) is 0 Å². The molecule has 0 amide bonds. The van der Waals surface area contributed by atoms with E-state index >= 15 is 0 Å². The first kappa shape index (κ1) is 53.7. The number of aromatic nitrogens is 2. The van der Waals surface area contributed by atoms with Crippen molar-refractivity contribution in [1.82, 2.24) is 9.13 Å². The van der Waals surface area contributed by atoms with Gasteiger partial charge < -0.3 is 138 Å². The maximum absolute atomic E-state index is 12.8. The number of rotatable bonds is 5. The quantitative estimate of drug-likeness (QED) is 0.0553. The van der Waals surface area contributed by atoms with E-state index in [4.69, 9.17) is 39.2 Å². The predicted octanol–water partition coefficient (Wildman–Crippen LogP) is -1.10. The van der Waals surface area contributed by atoms with E-state index in [-0.39, 0.29) is 9.13 Å². The third-order valence-electron chi connectivity index (χ3n) is 13.9. The highest BCUT2D eigenvalue weighted by Crippen LogP contribution is 2.63. The molecule has 0 unspecified atom stereocenters. The molecule has 0 spiro atoms. The Kier molecular flexibility index (Phi) is 11.1. The minimum atomic E-state index is -1.67. The van der Waals surface area contributed by atoms with Crippen LogP contribution in [0.1, 0.15) is 0 Å². The van der Waals surface area contributed by atoms with Crippen molar-refractivity contribution < 1.29 is 138 Å². The summed E-state index contributed by atoms with van der Waals surface area (Å²) in [6.45, 7) is 0. The van der Waals surface area contributed by atoms with Crippen LogP contribution < -0.4 is 27.3 Å². The van der Waals surface area contributed by atoms with Gasteiger partial charge in [0.1, 0.15) is 96.6 Å². The number of phenolic OH excluding ortho intramolecular Hbond substituents is 27. The summed E-state index contributed by atoms with van der Waals surface area (Å²) in [6.07, 6.45) is 0. The molecule has 0 saturated carbocycles. The maximum Gasteiger partial charge on any atom is 0.208 e. The van der Waals surface area contributed by atoms with Gasteiger partial charge in [0.05, 0.1) is 49.2 Å². The lowest BCUT2D eigenvalue weighted by molar-refractivity contribution is 0.327. The second-order valence-electron chi connectivity index (χ2n) is 18.0. The van der Waals surface area contributed by atoms with E-state index in [1.54, 1.807) is 0 Å². The Morgan fingerprint density at radius 3 is 0.561 bits per heavy atom. The van der Waals surface area contributed by atoms with Crippen molar-refractivity contribution in [3.63, 3.8) is 0 Å². The molecule has 27 N–H and O–H groups in total. The van der Waals surface area contributed by atoms with E-state index in [9.17, 15) is 138 Å². The molecule has 2 aromatic heterocycles. The minimum Gasteiger partial charge on any atom is -0.507 e. The number of benzene rings is 8. The SMILES string of the molecule is [B]c1c(O)c(O)c(O)c(O)c1-c1c([B])c(O)c2c(c1O)c1c(O)c(-c3c([B])c(O)c4c(c3O)c3c(O)c(-c5c(O)c(O)c(O)c(O)c5O)c([B])c(O)c3n4-c3c(O)c(O)c(O)c(O)c3O)c([B])c(O)c1n2-c1c(O)c(O)c(O)c(O)c1O. The van der Waals surface area contributed by atoms with Gasteiger partial charge in [-0.3, -0.25) is 9.13 Å². The van der Waals surface area contributed by atoms with Crippen LogP contribution in [0.3, 0.4) is 0 Å². The molecular weight excluding hydrogens is 1090 g/mol. The molecule has 0 atom stereocenters. The molecule has 406 valence electrons.